The van der Waals surface area contributed by atoms with Crippen molar-refractivity contribution in [3.8, 4) is 11.5 Å². The normalized spacial score (nSPS) is 13.8. The summed E-state index contributed by atoms with van der Waals surface area (Å²) in [6.07, 6.45) is 3.21. The van der Waals surface area contributed by atoms with Crippen LogP contribution in [0, 0.1) is 5.92 Å². The molecule has 0 aliphatic heterocycles. The third-order valence-corrected chi connectivity index (χ3v) is 5.36. The summed E-state index contributed by atoms with van der Waals surface area (Å²) in [5.74, 6) is 0.0120. The molecule has 0 heterocycles. The minimum Gasteiger partial charge on any atom is -0.507 e. The number of esters is 1. The van der Waals surface area contributed by atoms with E-state index in [-0.39, 0.29) is 11.3 Å². The van der Waals surface area contributed by atoms with Crippen molar-refractivity contribution in [2.45, 2.75) is 39.3 Å². The lowest BCUT2D eigenvalue weighted by Gasteiger charge is -2.17. The van der Waals surface area contributed by atoms with Gasteiger partial charge in [0.25, 0.3) is 0 Å². The van der Waals surface area contributed by atoms with Crippen molar-refractivity contribution in [1.82, 2.24) is 0 Å². The second kappa shape index (κ2) is 10.1. The maximum atomic E-state index is 12.8. The van der Waals surface area contributed by atoms with E-state index >= 15 is 0 Å². The largest absolute Gasteiger partial charge is 0.507 e. The van der Waals surface area contributed by atoms with Gasteiger partial charge in [0.1, 0.15) is 17.1 Å². The fourth-order valence-electron chi connectivity index (χ4n) is 3.25. The molecule has 0 amide bonds. The van der Waals surface area contributed by atoms with Gasteiger partial charge in [0.15, 0.2) is 0 Å². The Morgan fingerprint density at radius 3 is 2.36 bits per heavy atom. The first-order chi connectivity index (χ1) is 15.6. The van der Waals surface area contributed by atoms with Gasteiger partial charge in [-0.15, -0.1) is 0 Å². The lowest BCUT2D eigenvalue weighted by Crippen LogP contribution is -2.09. The number of allylic oxidation sites excluding steroid dienone is 2. The van der Waals surface area contributed by atoms with Crippen LogP contribution >= 0.6 is 0 Å². The van der Waals surface area contributed by atoms with E-state index in [2.05, 4.69) is 0 Å². The van der Waals surface area contributed by atoms with Crippen LogP contribution < -0.4 is 4.74 Å². The number of rotatable bonds is 8. The third kappa shape index (κ3) is 6.40. The van der Waals surface area contributed by atoms with Gasteiger partial charge >= 0.3 is 12.1 Å². The molecule has 1 fully saturated rings. The Balaban J connectivity index is 2.03. The van der Waals surface area contributed by atoms with Crippen LogP contribution in [0.1, 0.15) is 59.3 Å². The van der Waals surface area contributed by atoms with E-state index in [4.69, 9.17) is 9.47 Å². The average molecular weight is 460 g/mol. The predicted molar refractivity (Wildman–Crippen MR) is 121 cm³/mol. The van der Waals surface area contributed by atoms with Crippen LogP contribution in [0.2, 0.25) is 0 Å². The summed E-state index contributed by atoms with van der Waals surface area (Å²) >= 11 is 0. The molecule has 0 atom stereocenters. The smallest absolute Gasteiger partial charge is 0.416 e. The van der Waals surface area contributed by atoms with Gasteiger partial charge in [0.2, 0.25) is 0 Å². The lowest BCUT2D eigenvalue weighted by atomic mass is 9.97. The lowest BCUT2D eigenvalue weighted by molar-refractivity contribution is -0.137. The predicted octanol–water partition coefficient (Wildman–Crippen LogP) is 6.67. The SMILES string of the molecule is COC(=O)c1c(/C=C/c2ccc(C(F)(F)F)cc2)cc(OCC2CC2)c(CC=C(C)C)c1O. The summed E-state index contributed by atoms with van der Waals surface area (Å²) in [6.45, 7) is 4.38. The first-order valence-electron chi connectivity index (χ1n) is 10.7. The highest BCUT2D eigenvalue weighted by molar-refractivity contribution is 5.98. The summed E-state index contributed by atoms with van der Waals surface area (Å²) in [5, 5.41) is 11.0. The Morgan fingerprint density at radius 2 is 1.82 bits per heavy atom. The topological polar surface area (TPSA) is 55.8 Å². The first kappa shape index (κ1) is 24.4. The van der Waals surface area contributed by atoms with Crippen molar-refractivity contribution in [2.75, 3.05) is 13.7 Å². The molecule has 0 aromatic heterocycles. The minimum atomic E-state index is -4.42. The van der Waals surface area contributed by atoms with Gasteiger partial charge in [-0.3, -0.25) is 0 Å². The van der Waals surface area contributed by atoms with E-state index in [1.165, 1.54) is 19.2 Å². The van der Waals surface area contributed by atoms with E-state index in [1.54, 1.807) is 18.2 Å². The summed E-state index contributed by atoms with van der Waals surface area (Å²) in [6, 6.07) is 6.33. The molecule has 0 bridgehead atoms. The summed E-state index contributed by atoms with van der Waals surface area (Å²) in [5.41, 5.74) is 1.64. The molecule has 2 aromatic rings. The molecule has 1 aliphatic carbocycles. The fraction of sp³-hybridized carbons (Fsp3) is 0.346. The van der Waals surface area contributed by atoms with Crippen LogP contribution in [0.15, 0.2) is 42.0 Å². The highest BCUT2D eigenvalue weighted by Gasteiger charge is 2.30. The van der Waals surface area contributed by atoms with Crippen molar-refractivity contribution in [3.63, 3.8) is 0 Å². The Labute approximate surface area is 191 Å². The Morgan fingerprint density at radius 1 is 1.15 bits per heavy atom. The number of phenols is 1. The Kier molecular flexibility index (Phi) is 7.51. The van der Waals surface area contributed by atoms with Crippen LogP contribution in [0.4, 0.5) is 13.2 Å². The molecule has 4 nitrogen and oxygen atoms in total. The molecule has 0 radical (unpaired) electrons. The molecule has 176 valence electrons. The fourth-order valence-corrected chi connectivity index (χ4v) is 3.25. The highest BCUT2D eigenvalue weighted by Crippen LogP contribution is 2.38. The number of benzene rings is 2. The average Bonchev–Trinajstić information content (AvgIpc) is 3.59. The number of hydrogen-bond acceptors (Lipinski definition) is 4. The molecule has 1 saturated carbocycles. The van der Waals surface area contributed by atoms with Crippen molar-refractivity contribution < 1.29 is 32.5 Å². The van der Waals surface area contributed by atoms with Crippen molar-refractivity contribution >= 4 is 18.1 Å². The van der Waals surface area contributed by atoms with E-state index in [1.807, 2.05) is 19.9 Å². The molecular formula is C26H27F3O4. The van der Waals surface area contributed by atoms with Crippen LogP contribution in [0.3, 0.4) is 0 Å². The monoisotopic (exact) mass is 460 g/mol. The molecule has 2 aromatic carbocycles. The number of aromatic hydroxyl groups is 1. The second-order valence-corrected chi connectivity index (χ2v) is 8.35. The number of phenolic OH excluding ortho intramolecular Hbond substituents is 1. The van der Waals surface area contributed by atoms with E-state index < -0.39 is 17.7 Å². The van der Waals surface area contributed by atoms with Gasteiger partial charge in [0, 0.05) is 5.56 Å². The highest BCUT2D eigenvalue weighted by atomic mass is 19.4. The van der Waals surface area contributed by atoms with E-state index in [0.29, 0.717) is 41.4 Å². The molecule has 33 heavy (non-hydrogen) atoms. The number of carbonyl (C=O) groups is 1. The zero-order chi connectivity index (χ0) is 24.2. The van der Waals surface area contributed by atoms with Gasteiger partial charge < -0.3 is 14.6 Å². The number of halogens is 3. The molecule has 0 saturated heterocycles. The molecule has 0 spiro atoms. The van der Waals surface area contributed by atoms with Gasteiger partial charge in [-0.25, -0.2) is 4.79 Å². The first-order valence-corrected chi connectivity index (χ1v) is 10.7. The van der Waals surface area contributed by atoms with Crippen LogP contribution in [0.25, 0.3) is 12.2 Å². The molecule has 3 rings (SSSR count). The van der Waals surface area contributed by atoms with Gasteiger partial charge in [0.05, 0.1) is 19.3 Å². The molecule has 1 N–H and O–H groups in total. The number of ether oxygens (including phenoxy) is 2. The Bertz CT molecular complexity index is 1060. The third-order valence-electron chi connectivity index (χ3n) is 5.36. The minimum absolute atomic E-state index is 0.0170. The molecule has 7 heteroatoms. The van der Waals surface area contributed by atoms with Crippen LogP contribution in [-0.2, 0) is 17.3 Å². The summed E-state index contributed by atoms with van der Waals surface area (Å²) < 4.78 is 49.3. The molecular weight excluding hydrogens is 433 g/mol. The van der Waals surface area contributed by atoms with Crippen LogP contribution in [-0.4, -0.2) is 24.8 Å². The van der Waals surface area contributed by atoms with Gasteiger partial charge in [-0.05, 0) is 68.4 Å². The molecule has 1 aliphatic rings. The maximum absolute atomic E-state index is 12.8. The summed E-state index contributed by atoms with van der Waals surface area (Å²) in [7, 11) is 1.22. The quantitative estimate of drug-likeness (QED) is 0.272. The standard InChI is InChI=1S/C26H27F3O4/c1-16(2)4-13-21-22(33-15-18-5-6-18)14-19(23(24(21)30)25(31)32-3)10-7-17-8-11-20(12-9-17)26(27,28)29/h4,7-12,14,18,30H,5-6,13,15H2,1-3H3/b10-7+. The van der Waals surface area contributed by atoms with Gasteiger partial charge in [-0.2, -0.15) is 13.2 Å². The van der Waals surface area contributed by atoms with Crippen LogP contribution in [0.5, 0.6) is 11.5 Å². The maximum Gasteiger partial charge on any atom is 0.416 e. The number of hydrogen-bond donors (Lipinski definition) is 1. The zero-order valence-electron chi connectivity index (χ0n) is 18.8. The van der Waals surface area contributed by atoms with Gasteiger partial charge in [-0.1, -0.05) is 35.9 Å². The Hall–Kier alpha value is -3.22. The number of methoxy groups -OCH3 is 1. The number of carbonyl (C=O) groups excluding carboxylic acids is 1. The second-order valence-electron chi connectivity index (χ2n) is 8.35. The number of alkyl halides is 3. The van der Waals surface area contributed by atoms with Crippen molar-refractivity contribution in [3.05, 3.63) is 69.8 Å². The summed E-state index contributed by atoms with van der Waals surface area (Å²) in [4.78, 5) is 12.5. The van der Waals surface area contributed by atoms with E-state index in [0.717, 1.165) is 30.5 Å². The molecule has 0 unspecified atom stereocenters. The van der Waals surface area contributed by atoms with E-state index in [9.17, 15) is 23.1 Å². The van der Waals surface area contributed by atoms with Crippen molar-refractivity contribution in [2.24, 2.45) is 5.92 Å². The zero-order valence-corrected chi connectivity index (χ0v) is 18.8. The van der Waals surface area contributed by atoms with Crippen molar-refractivity contribution in [1.29, 1.82) is 0 Å².